The highest BCUT2D eigenvalue weighted by Crippen LogP contribution is 2.34. The minimum atomic E-state index is -0.881. The number of nitrogens with zero attached hydrogens (tertiary/aromatic N) is 1. The average Bonchev–Trinajstić information content (AvgIpc) is 2.87. The molecule has 0 bridgehead atoms. The number of aromatic carboxylic acids is 1. The van der Waals surface area contributed by atoms with Gasteiger partial charge in [0, 0.05) is 25.9 Å². The molecule has 2 saturated heterocycles. The van der Waals surface area contributed by atoms with Gasteiger partial charge in [-0.25, -0.2) is 4.79 Å². The Labute approximate surface area is 118 Å². The molecule has 5 nitrogen and oxygen atoms in total. The quantitative estimate of drug-likeness (QED) is 0.896. The van der Waals surface area contributed by atoms with E-state index in [9.17, 15) is 9.90 Å². The lowest BCUT2D eigenvalue weighted by atomic mass is 10.0. The Morgan fingerprint density at radius 2 is 1.90 bits per heavy atom. The first-order chi connectivity index (χ1) is 9.60. The first kappa shape index (κ1) is 13.4. The van der Waals surface area contributed by atoms with E-state index in [-0.39, 0.29) is 0 Å². The number of benzene rings is 1. The van der Waals surface area contributed by atoms with Crippen molar-refractivity contribution in [2.45, 2.75) is 25.6 Å². The fourth-order valence-electron chi connectivity index (χ4n) is 2.96. The molecule has 1 aromatic rings. The molecule has 2 aliphatic rings. The van der Waals surface area contributed by atoms with Gasteiger partial charge in [0.25, 0.3) is 0 Å². The number of carbonyl (C=O) groups is 1. The van der Waals surface area contributed by atoms with Gasteiger partial charge in [-0.15, -0.1) is 0 Å². The molecular formula is C15H19NO4. The van der Waals surface area contributed by atoms with Crippen molar-refractivity contribution < 1.29 is 19.4 Å². The van der Waals surface area contributed by atoms with E-state index in [1.165, 1.54) is 0 Å². The number of aryl methyl sites for hydroxylation is 1. The molecule has 0 aromatic heterocycles. The summed E-state index contributed by atoms with van der Waals surface area (Å²) < 4.78 is 11.4. The molecular weight excluding hydrogens is 258 g/mol. The second-order valence-corrected chi connectivity index (χ2v) is 5.42. The van der Waals surface area contributed by atoms with Crippen LogP contribution in [0, 0.1) is 6.92 Å². The minimum Gasteiger partial charge on any atom is -0.478 e. The summed E-state index contributed by atoms with van der Waals surface area (Å²) in [5.74, 6) is -1.31. The van der Waals surface area contributed by atoms with Crippen LogP contribution in [0.4, 0.5) is 5.69 Å². The van der Waals surface area contributed by atoms with Crippen molar-refractivity contribution in [2.24, 2.45) is 0 Å². The topological polar surface area (TPSA) is 59.0 Å². The van der Waals surface area contributed by atoms with Gasteiger partial charge >= 0.3 is 5.97 Å². The Kier molecular flexibility index (Phi) is 3.40. The van der Waals surface area contributed by atoms with E-state index < -0.39 is 11.8 Å². The minimum absolute atomic E-state index is 0.361. The van der Waals surface area contributed by atoms with Crippen LogP contribution in [-0.2, 0) is 9.47 Å². The highest BCUT2D eigenvalue weighted by Gasteiger charge is 2.40. The van der Waals surface area contributed by atoms with Crippen LogP contribution in [0.15, 0.2) is 18.2 Å². The molecule has 1 aromatic carbocycles. The van der Waals surface area contributed by atoms with Gasteiger partial charge in [0.1, 0.15) is 0 Å². The molecule has 2 aliphatic heterocycles. The molecule has 3 rings (SSSR count). The predicted molar refractivity (Wildman–Crippen MR) is 74.2 cm³/mol. The summed E-state index contributed by atoms with van der Waals surface area (Å²) in [5.41, 5.74) is 2.23. The first-order valence-corrected chi connectivity index (χ1v) is 6.96. The highest BCUT2D eigenvalue weighted by molar-refractivity contribution is 5.94. The van der Waals surface area contributed by atoms with Gasteiger partial charge in [0.2, 0.25) is 0 Å². The van der Waals surface area contributed by atoms with E-state index in [1.54, 1.807) is 6.07 Å². The number of hydrogen-bond acceptors (Lipinski definition) is 4. The van der Waals surface area contributed by atoms with Crippen LogP contribution in [0.1, 0.15) is 28.8 Å². The monoisotopic (exact) mass is 277 g/mol. The van der Waals surface area contributed by atoms with Crippen molar-refractivity contribution in [3.05, 3.63) is 29.3 Å². The zero-order chi connectivity index (χ0) is 14.2. The zero-order valence-electron chi connectivity index (χ0n) is 11.6. The summed E-state index contributed by atoms with van der Waals surface area (Å²) in [6.07, 6.45) is 1.56. The maximum atomic E-state index is 11.3. The van der Waals surface area contributed by atoms with Gasteiger partial charge in [0.15, 0.2) is 5.79 Å². The van der Waals surface area contributed by atoms with Crippen LogP contribution >= 0.6 is 0 Å². The molecule has 0 radical (unpaired) electrons. The summed E-state index contributed by atoms with van der Waals surface area (Å²) >= 11 is 0. The van der Waals surface area contributed by atoms with Crippen molar-refractivity contribution in [1.82, 2.24) is 0 Å². The fraction of sp³-hybridized carbons (Fsp3) is 0.533. The van der Waals surface area contributed by atoms with Crippen LogP contribution in [0.25, 0.3) is 0 Å². The van der Waals surface area contributed by atoms with Crippen molar-refractivity contribution in [1.29, 1.82) is 0 Å². The molecule has 0 saturated carbocycles. The van der Waals surface area contributed by atoms with Crippen LogP contribution in [0.3, 0.4) is 0 Å². The van der Waals surface area contributed by atoms with E-state index in [0.29, 0.717) is 18.8 Å². The van der Waals surface area contributed by atoms with Gasteiger partial charge in [-0.05, 0) is 24.6 Å². The smallest absolute Gasteiger partial charge is 0.337 e. The lowest BCUT2D eigenvalue weighted by Crippen LogP contribution is -2.45. The number of ether oxygens (including phenoxy) is 2. The fourth-order valence-corrected chi connectivity index (χ4v) is 2.96. The van der Waals surface area contributed by atoms with Gasteiger partial charge in [-0.2, -0.15) is 0 Å². The number of carboxylic acids is 1. The number of rotatable bonds is 2. The Bertz CT molecular complexity index is 513. The lowest BCUT2D eigenvalue weighted by molar-refractivity contribution is -0.169. The molecule has 20 heavy (non-hydrogen) atoms. The van der Waals surface area contributed by atoms with E-state index in [4.69, 9.17) is 9.47 Å². The maximum Gasteiger partial charge on any atom is 0.337 e. The predicted octanol–water partition coefficient (Wildman–Crippen LogP) is 2.04. The zero-order valence-corrected chi connectivity index (χ0v) is 11.6. The van der Waals surface area contributed by atoms with Crippen LogP contribution in [-0.4, -0.2) is 43.2 Å². The number of carboxylic acid groups (broad SMARTS) is 1. The van der Waals surface area contributed by atoms with Crippen LogP contribution < -0.4 is 4.90 Å². The largest absolute Gasteiger partial charge is 0.478 e. The standard InChI is InChI=1S/C15H19NO4/c1-11-2-3-12(14(17)18)13(10-11)16-6-4-15(5-7-16)19-8-9-20-15/h2-3,10H,4-9H2,1H3,(H,17,18). The number of anilines is 1. The maximum absolute atomic E-state index is 11.3. The summed E-state index contributed by atoms with van der Waals surface area (Å²) in [7, 11) is 0. The van der Waals surface area contributed by atoms with Gasteiger partial charge < -0.3 is 19.5 Å². The summed E-state index contributed by atoms with van der Waals surface area (Å²) in [6.45, 7) is 4.80. The molecule has 1 spiro atoms. The molecule has 1 N–H and O–H groups in total. The van der Waals surface area contributed by atoms with Gasteiger partial charge in [-0.3, -0.25) is 0 Å². The van der Waals surface area contributed by atoms with Crippen molar-refractivity contribution in [3.63, 3.8) is 0 Å². The van der Waals surface area contributed by atoms with Crippen molar-refractivity contribution in [2.75, 3.05) is 31.2 Å². The average molecular weight is 277 g/mol. The molecule has 0 unspecified atom stereocenters. The Morgan fingerprint density at radius 3 is 2.50 bits per heavy atom. The first-order valence-electron chi connectivity index (χ1n) is 6.96. The SMILES string of the molecule is Cc1ccc(C(=O)O)c(N2CCC3(CC2)OCCO3)c1. The molecule has 5 heteroatoms. The molecule has 2 heterocycles. The summed E-state index contributed by atoms with van der Waals surface area (Å²) in [5, 5.41) is 9.32. The second kappa shape index (κ2) is 5.07. The molecule has 108 valence electrons. The van der Waals surface area contributed by atoms with E-state index in [0.717, 1.165) is 37.2 Å². The van der Waals surface area contributed by atoms with Crippen LogP contribution in [0.2, 0.25) is 0 Å². The summed E-state index contributed by atoms with van der Waals surface area (Å²) in [6, 6.07) is 5.46. The third-order valence-electron chi connectivity index (χ3n) is 4.06. The molecule has 0 aliphatic carbocycles. The van der Waals surface area contributed by atoms with Crippen LogP contribution in [0.5, 0.6) is 0 Å². The van der Waals surface area contributed by atoms with E-state index >= 15 is 0 Å². The Morgan fingerprint density at radius 1 is 1.25 bits per heavy atom. The normalized spacial score (nSPS) is 21.4. The Hall–Kier alpha value is -1.59. The lowest BCUT2D eigenvalue weighted by Gasteiger charge is -2.39. The van der Waals surface area contributed by atoms with Crippen molar-refractivity contribution >= 4 is 11.7 Å². The molecule has 2 fully saturated rings. The van der Waals surface area contributed by atoms with E-state index in [1.807, 2.05) is 19.1 Å². The third-order valence-corrected chi connectivity index (χ3v) is 4.06. The molecule has 0 amide bonds. The summed E-state index contributed by atoms with van der Waals surface area (Å²) in [4.78, 5) is 13.5. The van der Waals surface area contributed by atoms with Gasteiger partial charge in [-0.1, -0.05) is 6.07 Å². The second-order valence-electron chi connectivity index (χ2n) is 5.42. The Balaban J connectivity index is 1.80. The van der Waals surface area contributed by atoms with E-state index in [2.05, 4.69) is 4.90 Å². The van der Waals surface area contributed by atoms with Gasteiger partial charge in [0.05, 0.1) is 24.5 Å². The number of hydrogen-bond donors (Lipinski definition) is 1. The highest BCUT2D eigenvalue weighted by atomic mass is 16.7. The molecule has 0 atom stereocenters. The van der Waals surface area contributed by atoms with Crippen molar-refractivity contribution in [3.8, 4) is 0 Å². The third kappa shape index (κ3) is 2.39. The number of piperidine rings is 1.